The van der Waals surface area contributed by atoms with Crippen LogP contribution in [0.25, 0.3) is 5.69 Å². The van der Waals surface area contributed by atoms with E-state index in [-0.39, 0.29) is 16.3 Å². The van der Waals surface area contributed by atoms with Crippen molar-refractivity contribution >= 4 is 31.6 Å². The first-order chi connectivity index (χ1) is 13.7. The van der Waals surface area contributed by atoms with Crippen molar-refractivity contribution in [3.63, 3.8) is 0 Å². The molecular weight excluding hydrogens is 462 g/mol. The van der Waals surface area contributed by atoms with Gasteiger partial charge in [0.25, 0.3) is 15.6 Å². The molecule has 29 heavy (non-hydrogen) atoms. The lowest BCUT2D eigenvalue weighted by molar-refractivity contribution is 0.390. The van der Waals surface area contributed by atoms with Crippen molar-refractivity contribution < 1.29 is 17.9 Å². The number of hydrogen-bond acceptors (Lipinski definition) is 5. The summed E-state index contributed by atoms with van der Waals surface area (Å²) in [5, 5.41) is 0. The van der Waals surface area contributed by atoms with Gasteiger partial charge in [-0.1, -0.05) is 18.2 Å². The van der Waals surface area contributed by atoms with Crippen molar-refractivity contribution in [3.05, 3.63) is 63.0 Å². The van der Waals surface area contributed by atoms with Crippen molar-refractivity contribution in [1.29, 1.82) is 0 Å². The minimum Gasteiger partial charge on any atom is -0.496 e. The summed E-state index contributed by atoms with van der Waals surface area (Å²) in [6.45, 7) is 1.66. The van der Waals surface area contributed by atoms with E-state index in [4.69, 9.17) is 9.47 Å². The molecule has 0 aliphatic carbocycles. The molecule has 0 unspecified atom stereocenters. The summed E-state index contributed by atoms with van der Waals surface area (Å²) >= 11 is 3.30. The number of halogens is 1. The molecule has 1 N–H and O–H groups in total. The molecule has 3 rings (SSSR count). The molecule has 1 heterocycles. The number of hydrogen-bond donors (Lipinski definition) is 1. The van der Waals surface area contributed by atoms with Crippen molar-refractivity contribution in [2.45, 2.75) is 11.8 Å². The molecule has 3 aromatic rings. The molecule has 1 aromatic heterocycles. The van der Waals surface area contributed by atoms with Gasteiger partial charge < -0.3 is 9.47 Å². The minimum absolute atomic E-state index is 0.0414. The highest BCUT2D eigenvalue weighted by Gasteiger charge is 2.26. The predicted octanol–water partition coefficient (Wildman–Crippen LogP) is 3.06. The highest BCUT2D eigenvalue weighted by atomic mass is 79.9. The molecule has 0 saturated heterocycles. The summed E-state index contributed by atoms with van der Waals surface area (Å²) in [6, 6.07) is 11.8. The second kappa shape index (κ2) is 7.96. The van der Waals surface area contributed by atoms with Crippen LogP contribution in [0.1, 0.15) is 5.69 Å². The van der Waals surface area contributed by atoms with E-state index in [1.165, 1.54) is 31.0 Å². The third-order valence-electron chi connectivity index (χ3n) is 4.52. The normalized spacial score (nSPS) is 11.3. The van der Waals surface area contributed by atoms with Crippen LogP contribution in [0.2, 0.25) is 0 Å². The standard InChI is InChI=1S/C19H20BrN3O5S/c1-12-18(19(24)23(22(12)2)13-8-6-5-7-9-13)21-29(25,26)17-11-15(27-3)14(20)10-16(17)28-4/h5-11,21H,1-4H3. The monoisotopic (exact) mass is 481 g/mol. The van der Waals surface area contributed by atoms with Gasteiger partial charge in [-0.2, -0.15) is 0 Å². The zero-order valence-corrected chi connectivity index (χ0v) is 18.7. The molecule has 0 atom stereocenters. The molecule has 0 amide bonds. The molecule has 0 spiro atoms. The van der Waals surface area contributed by atoms with Gasteiger partial charge in [-0.15, -0.1) is 0 Å². The molecule has 0 bridgehead atoms. The lowest BCUT2D eigenvalue weighted by atomic mass is 10.3. The molecule has 0 aliphatic heterocycles. The number of sulfonamides is 1. The topological polar surface area (TPSA) is 91.6 Å². The first kappa shape index (κ1) is 21.0. The number of nitrogens with zero attached hydrogens (tertiary/aromatic N) is 2. The molecule has 0 aliphatic rings. The second-order valence-electron chi connectivity index (χ2n) is 6.18. The lowest BCUT2D eigenvalue weighted by Gasteiger charge is -2.13. The van der Waals surface area contributed by atoms with Crippen LogP contribution in [0.15, 0.2) is 56.6 Å². The molecular formula is C19H20BrN3O5S. The predicted molar refractivity (Wildman–Crippen MR) is 114 cm³/mol. The Bertz CT molecular complexity index is 1220. The van der Waals surface area contributed by atoms with Crippen molar-refractivity contribution in [2.24, 2.45) is 7.05 Å². The van der Waals surface area contributed by atoms with Gasteiger partial charge in [-0.25, -0.2) is 13.1 Å². The highest BCUT2D eigenvalue weighted by Crippen LogP contribution is 2.36. The number of methoxy groups -OCH3 is 2. The van der Waals surface area contributed by atoms with E-state index >= 15 is 0 Å². The van der Waals surface area contributed by atoms with Crippen LogP contribution in [0.5, 0.6) is 11.5 Å². The summed E-state index contributed by atoms with van der Waals surface area (Å²) in [5.74, 6) is 0.430. The lowest BCUT2D eigenvalue weighted by Crippen LogP contribution is -2.23. The Morgan fingerprint density at radius 1 is 1.03 bits per heavy atom. The maximum atomic E-state index is 13.1. The number of nitrogens with one attached hydrogen (secondary N) is 1. The van der Waals surface area contributed by atoms with Gasteiger partial charge >= 0.3 is 0 Å². The summed E-state index contributed by atoms with van der Waals surface area (Å²) < 4.78 is 42.6. The van der Waals surface area contributed by atoms with Gasteiger partial charge in [0, 0.05) is 13.1 Å². The SMILES string of the molecule is COc1cc(S(=O)(=O)Nc2c(C)n(C)n(-c3ccccc3)c2=O)c(OC)cc1Br. The number of anilines is 1. The molecule has 154 valence electrons. The number of benzene rings is 2. The van der Waals surface area contributed by atoms with E-state index in [9.17, 15) is 13.2 Å². The Morgan fingerprint density at radius 3 is 2.24 bits per heavy atom. The van der Waals surface area contributed by atoms with Crippen LogP contribution < -0.4 is 19.8 Å². The van der Waals surface area contributed by atoms with Gasteiger partial charge in [0.2, 0.25) is 0 Å². The Hall–Kier alpha value is -2.72. The molecule has 10 heteroatoms. The van der Waals surface area contributed by atoms with Crippen LogP contribution >= 0.6 is 15.9 Å². The number of ether oxygens (including phenoxy) is 2. The number of aromatic nitrogens is 2. The van der Waals surface area contributed by atoms with Gasteiger partial charge in [0.05, 0.1) is 30.1 Å². The van der Waals surface area contributed by atoms with Crippen molar-refractivity contribution in [1.82, 2.24) is 9.36 Å². The average Bonchev–Trinajstić information content (AvgIpc) is 2.91. The number of rotatable bonds is 6. The third-order valence-corrected chi connectivity index (χ3v) is 6.51. The zero-order chi connectivity index (χ0) is 21.3. The van der Waals surface area contributed by atoms with Crippen molar-refractivity contribution in [3.8, 4) is 17.2 Å². The highest BCUT2D eigenvalue weighted by molar-refractivity contribution is 9.10. The quantitative estimate of drug-likeness (QED) is 0.583. The van der Waals surface area contributed by atoms with E-state index < -0.39 is 15.6 Å². The molecule has 2 aromatic carbocycles. The van der Waals surface area contributed by atoms with Gasteiger partial charge in [0.1, 0.15) is 22.1 Å². The smallest absolute Gasteiger partial charge is 0.296 e. The van der Waals surface area contributed by atoms with E-state index in [1.54, 1.807) is 42.9 Å². The fraction of sp³-hybridized carbons (Fsp3) is 0.211. The Morgan fingerprint density at radius 2 is 1.66 bits per heavy atom. The Labute approximate surface area is 176 Å². The van der Waals surface area contributed by atoms with E-state index in [2.05, 4.69) is 20.7 Å². The second-order valence-corrected chi connectivity index (χ2v) is 8.68. The van der Waals surface area contributed by atoms with E-state index in [0.29, 0.717) is 21.6 Å². The van der Waals surface area contributed by atoms with Crippen LogP contribution in [-0.2, 0) is 17.1 Å². The zero-order valence-electron chi connectivity index (χ0n) is 16.3. The first-order valence-electron chi connectivity index (χ1n) is 8.49. The number of para-hydroxylation sites is 1. The molecule has 0 fully saturated rings. The molecule has 0 radical (unpaired) electrons. The van der Waals surface area contributed by atoms with Crippen LogP contribution in [0.4, 0.5) is 5.69 Å². The summed E-state index contributed by atoms with van der Waals surface area (Å²) in [7, 11) is 0.338. The van der Waals surface area contributed by atoms with Crippen LogP contribution in [0.3, 0.4) is 0 Å². The maximum Gasteiger partial charge on any atom is 0.296 e. The minimum atomic E-state index is -4.14. The molecule has 8 nitrogen and oxygen atoms in total. The van der Waals surface area contributed by atoms with Crippen molar-refractivity contribution in [2.75, 3.05) is 18.9 Å². The van der Waals surface area contributed by atoms with E-state index in [0.717, 1.165) is 0 Å². The van der Waals surface area contributed by atoms with Gasteiger partial charge in [0.15, 0.2) is 0 Å². The van der Waals surface area contributed by atoms with Crippen LogP contribution in [-0.4, -0.2) is 32.0 Å². The Kier molecular flexibility index (Phi) is 5.76. The van der Waals surface area contributed by atoms with E-state index in [1.807, 2.05) is 6.07 Å². The summed E-state index contributed by atoms with van der Waals surface area (Å²) in [5.41, 5.74) is 0.560. The first-order valence-corrected chi connectivity index (χ1v) is 10.8. The Balaban J connectivity index is 2.13. The van der Waals surface area contributed by atoms with Gasteiger partial charge in [-0.3, -0.25) is 14.2 Å². The summed E-state index contributed by atoms with van der Waals surface area (Å²) in [4.78, 5) is 12.9. The fourth-order valence-corrected chi connectivity index (χ4v) is 4.68. The van der Waals surface area contributed by atoms with Gasteiger partial charge in [-0.05, 0) is 41.1 Å². The fourth-order valence-electron chi connectivity index (χ4n) is 2.92. The molecule has 0 saturated carbocycles. The van der Waals surface area contributed by atoms with Crippen LogP contribution in [0, 0.1) is 6.92 Å². The largest absolute Gasteiger partial charge is 0.496 e. The maximum absolute atomic E-state index is 13.1. The summed E-state index contributed by atoms with van der Waals surface area (Å²) in [6.07, 6.45) is 0. The average molecular weight is 482 g/mol. The third kappa shape index (κ3) is 3.77.